The Kier molecular flexibility index (Phi) is 2.91. The van der Waals surface area contributed by atoms with Crippen LogP contribution >= 0.6 is 15.9 Å². The monoisotopic (exact) mass is 244 g/mol. The fourth-order valence-electron chi connectivity index (χ4n) is 1.05. The van der Waals surface area contributed by atoms with Crippen molar-refractivity contribution in [3.63, 3.8) is 0 Å². The molecule has 0 aliphatic heterocycles. The average Bonchev–Trinajstić information content (AvgIpc) is 1.94. The van der Waals surface area contributed by atoms with Gasteiger partial charge in [-0.05, 0) is 33.8 Å². The van der Waals surface area contributed by atoms with Gasteiger partial charge in [-0.3, -0.25) is 4.79 Å². The van der Waals surface area contributed by atoms with Crippen LogP contribution in [0.15, 0.2) is 15.3 Å². The first-order valence-corrected chi connectivity index (χ1v) is 4.92. The molecule has 0 atom stereocenters. The molecule has 0 saturated carbocycles. The lowest BCUT2D eigenvalue weighted by Crippen LogP contribution is -2.15. The van der Waals surface area contributed by atoms with Crippen LogP contribution in [-0.2, 0) is 6.42 Å². The van der Waals surface area contributed by atoms with E-state index in [1.54, 1.807) is 6.07 Å². The van der Waals surface area contributed by atoms with Gasteiger partial charge in [0.05, 0.1) is 10.2 Å². The minimum atomic E-state index is -0.183. The molecule has 4 heteroatoms. The van der Waals surface area contributed by atoms with Gasteiger partial charge in [0.15, 0.2) is 0 Å². The highest BCUT2D eigenvalue weighted by Crippen LogP contribution is 2.19. The number of H-pyrrole nitrogens is 1. The van der Waals surface area contributed by atoms with Gasteiger partial charge in [-0.1, -0.05) is 20.8 Å². The first-order chi connectivity index (χ1) is 5.88. The van der Waals surface area contributed by atoms with Crippen LogP contribution in [0.1, 0.15) is 26.5 Å². The first-order valence-electron chi connectivity index (χ1n) is 4.12. The van der Waals surface area contributed by atoms with Gasteiger partial charge in [-0.25, -0.2) is 5.10 Å². The summed E-state index contributed by atoms with van der Waals surface area (Å²) >= 11 is 3.17. The van der Waals surface area contributed by atoms with Crippen molar-refractivity contribution in [3.05, 3.63) is 26.6 Å². The van der Waals surface area contributed by atoms with Gasteiger partial charge >= 0.3 is 0 Å². The standard InChI is InChI=1S/C9H13BrN2O/c1-9(2,3)5-6-4-7(10)8(13)12-11-6/h4H,5H2,1-3H3,(H,12,13). The largest absolute Gasteiger partial charge is 0.278 e. The summed E-state index contributed by atoms with van der Waals surface area (Å²) in [6.07, 6.45) is 0.850. The number of nitrogens with one attached hydrogen (secondary N) is 1. The van der Waals surface area contributed by atoms with Gasteiger partial charge in [0.25, 0.3) is 5.56 Å². The number of aromatic amines is 1. The van der Waals surface area contributed by atoms with Crippen molar-refractivity contribution in [3.8, 4) is 0 Å². The molecular formula is C9H13BrN2O. The molecular weight excluding hydrogens is 232 g/mol. The van der Waals surface area contributed by atoms with Crippen molar-refractivity contribution in [1.82, 2.24) is 10.2 Å². The van der Waals surface area contributed by atoms with Crippen molar-refractivity contribution in [2.75, 3.05) is 0 Å². The van der Waals surface area contributed by atoms with Crippen LogP contribution in [0, 0.1) is 5.41 Å². The third-order valence-electron chi connectivity index (χ3n) is 1.52. The zero-order valence-electron chi connectivity index (χ0n) is 8.02. The van der Waals surface area contributed by atoms with E-state index in [0.29, 0.717) is 4.47 Å². The quantitative estimate of drug-likeness (QED) is 0.823. The Labute approximate surface area is 85.7 Å². The summed E-state index contributed by atoms with van der Waals surface area (Å²) in [4.78, 5) is 11.0. The fourth-order valence-corrected chi connectivity index (χ4v) is 1.41. The second-order valence-corrected chi connectivity index (χ2v) is 5.13. The maximum Gasteiger partial charge on any atom is 0.278 e. The summed E-state index contributed by atoms with van der Waals surface area (Å²) in [7, 11) is 0. The topological polar surface area (TPSA) is 45.8 Å². The number of nitrogens with zero attached hydrogens (tertiary/aromatic N) is 1. The summed E-state index contributed by atoms with van der Waals surface area (Å²) in [6, 6.07) is 1.77. The Morgan fingerprint density at radius 1 is 1.54 bits per heavy atom. The van der Waals surface area contributed by atoms with E-state index in [0.717, 1.165) is 12.1 Å². The molecule has 0 aromatic carbocycles. The van der Waals surface area contributed by atoms with Gasteiger partial charge in [0.1, 0.15) is 0 Å². The van der Waals surface area contributed by atoms with Crippen LogP contribution in [0.5, 0.6) is 0 Å². The molecule has 0 fully saturated rings. The van der Waals surface area contributed by atoms with E-state index in [9.17, 15) is 4.79 Å². The highest BCUT2D eigenvalue weighted by atomic mass is 79.9. The lowest BCUT2D eigenvalue weighted by atomic mass is 9.90. The minimum absolute atomic E-state index is 0.183. The number of hydrogen-bond acceptors (Lipinski definition) is 2. The molecule has 13 heavy (non-hydrogen) atoms. The van der Waals surface area contributed by atoms with E-state index < -0.39 is 0 Å². The van der Waals surface area contributed by atoms with E-state index in [1.807, 2.05) is 0 Å². The van der Waals surface area contributed by atoms with E-state index in [1.165, 1.54) is 0 Å². The average molecular weight is 245 g/mol. The molecule has 0 amide bonds. The number of rotatable bonds is 1. The van der Waals surface area contributed by atoms with Crippen LogP contribution in [0.3, 0.4) is 0 Å². The summed E-state index contributed by atoms with van der Waals surface area (Å²) < 4.78 is 0.543. The smallest absolute Gasteiger partial charge is 0.267 e. The van der Waals surface area contributed by atoms with Crippen LogP contribution in [-0.4, -0.2) is 10.2 Å². The van der Waals surface area contributed by atoms with Crippen molar-refractivity contribution in [2.24, 2.45) is 5.41 Å². The second kappa shape index (κ2) is 3.62. The number of hydrogen-bond donors (Lipinski definition) is 1. The minimum Gasteiger partial charge on any atom is -0.267 e. The molecule has 1 rings (SSSR count). The summed E-state index contributed by atoms with van der Waals surface area (Å²) in [5.74, 6) is 0. The Morgan fingerprint density at radius 3 is 2.62 bits per heavy atom. The SMILES string of the molecule is CC(C)(C)Cc1cc(Br)c(=O)[nH]n1. The molecule has 1 aromatic rings. The molecule has 0 aliphatic carbocycles. The predicted octanol–water partition coefficient (Wildman–Crippen LogP) is 2.12. The Hall–Kier alpha value is -0.640. The molecule has 3 nitrogen and oxygen atoms in total. The zero-order valence-corrected chi connectivity index (χ0v) is 9.60. The van der Waals surface area contributed by atoms with Gasteiger partial charge in [0.2, 0.25) is 0 Å². The summed E-state index contributed by atoms with van der Waals surface area (Å²) in [5, 5.41) is 6.40. The predicted molar refractivity (Wildman–Crippen MR) is 55.7 cm³/mol. The third kappa shape index (κ3) is 3.30. The van der Waals surface area contributed by atoms with Crippen LogP contribution in [0.25, 0.3) is 0 Å². The van der Waals surface area contributed by atoms with Crippen molar-refractivity contribution < 1.29 is 0 Å². The fraction of sp³-hybridized carbons (Fsp3) is 0.556. The molecule has 0 bridgehead atoms. The van der Waals surface area contributed by atoms with Gasteiger partial charge in [0, 0.05) is 0 Å². The molecule has 0 spiro atoms. The number of halogens is 1. The van der Waals surface area contributed by atoms with Gasteiger partial charge < -0.3 is 0 Å². The third-order valence-corrected chi connectivity index (χ3v) is 2.11. The Balaban J connectivity index is 2.92. The molecule has 72 valence electrons. The zero-order chi connectivity index (χ0) is 10.1. The van der Waals surface area contributed by atoms with E-state index in [4.69, 9.17) is 0 Å². The molecule has 0 aliphatic rings. The van der Waals surface area contributed by atoms with Crippen molar-refractivity contribution >= 4 is 15.9 Å². The lowest BCUT2D eigenvalue weighted by Gasteiger charge is -2.16. The highest BCUT2D eigenvalue weighted by molar-refractivity contribution is 9.10. The Bertz CT molecular complexity index is 351. The van der Waals surface area contributed by atoms with Crippen molar-refractivity contribution in [2.45, 2.75) is 27.2 Å². The Morgan fingerprint density at radius 2 is 2.15 bits per heavy atom. The van der Waals surface area contributed by atoms with Crippen molar-refractivity contribution in [1.29, 1.82) is 0 Å². The molecule has 1 heterocycles. The summed E-state index contributed by atoms with van der Waals surface area (Å²) in [5.41, 5.74) is 0.904. The lowest BCUT2D eigenvalue weighted by molar-refractivity contribution is 0.404. The molecule has 0 radical (unpaired) electrons. The molecule has 1 N–H and O–H groups in total. The van der Waals surface area contributed by atoms with E-state index >= 15 is 0 Å². The van der Waals surface area contributed by atoms with Gasteiger partial charge in [-0.2, -0.15) is 5.10 Å². The van der Waals surface area contributed by atoms with Crippen LogP contribution in [0.4, 0.5) is 0 Å². The molecule has 0 unspecified atom stereocenters. The molecule has 1 aromatic heterocycles. The first kappa shape index (κ1) is 10.4. The number of aromatic nitrogens is 2. The maximum atomic E-state index is 11.0. The second-order valence-electron chi connectivity index (χ2n) is 4.27. The highest BCUT2D eigenvalue weighted by Gasteiger charge is 2.12. The molecule has 0 saturated heterocycles. The van der Waals surface area contributed by atoms with E-state index in [-0.39, 0.29) is 11.0 Å². The normalized spacial score (nSPS) is 11.7. The van der Waals surface area contributed by atoms with Crippen LogP contribution < -0.4 is 5.56 Å². The summed E-state index contributed by atoms with van der Waals surface area (Å²) in [6.45, 7) is 6.40. The van der Waals surface area contributed by atoms with Crippen LogP contribution in [0.2, 0.25) is 0 Å². The van der Waals surface area contributed by atoms with E-state index in [2.05, 4.69) is 46.9 Å². The van der Waals surface area contributed by atoms with Gasteiger partial charge in [-0.15, -0.1) is 0 Å². The maximum absolute atomic E-state index is 11.0.